The monoisotopic (exact) mass is 266 g/mol. The largest absolute Gasteiger partial charge is 0.359 e. The van der Waals surface area contributed by atoms with Crippen LogP contribution in [0.15, 0.2) is 34.2 Å². The van der Waals surface area contributed by atoms with Crippen LogP contribution in [0.4, 0.5) is 5.69 Å². The first-order chi connectivity index (χ1) is 8.65. The quantitative estimate of drug-likeness (QED) is 0.372. The molecule has 98 valence electrons. The molecule has 18 heavy (non-hydrogen) atoms. The second kappa shape index (κ2) is 10.5. The first-order valence-corrected chi connectivity index (χ1v) is 5.99. The normalized spacial score (nSPS) is 8.78. The number of hydrogen-bond acceptors (Lipinski definition) is 4. The van der Waals surface area contributed by atoms with Crippen LogP contribution < -0.4 is 5.32 Å². The number of carbonyl (C=O) groups excluding carboxylic acids is 2. The van der Waals surface area contributed by atoms with Crippen molar-refractivity contribution in [2.75, 3.05) is 7.05 Å². The van der Waals surface area contributed by atoms with Crippen molar-refractivity contribution in [3.8, 4) is 0 Å². The van der Waals surface area contributed by atoms with Gasteiger partial charge in [-0.15, -0.1) is 12.6 Å². The van der Waals surface area contributed by atoms with Crippen LogP contribution in [0.3, 0.4) is 0 Å². The summed E-state index contributed by atoms with van der Waals surface area (Å²) in [5, 5.41) is 2.47. The number of unbranched alkanes of at least 4 members (excludes halogenated alkanes) is 1. The molecular weight excluding hydrogens is 248 g/mol. The molecule has 1 amide bonds. The molecule has 1 N–H and O–H groups in total. The molecule has 0 heterocycles. The molecule has 0 aliphatic heterocycles. The summed E-state index contributed by atoms with van der Waals surface area (Å²) in [5.41, 5.74) is 0.834. The highest BCUT2D eigenvalue weighted by Crippen LogP contribution is 2.20. The maximum atomic E-state index is 10.5. The molecule has 0 aliphatic carbocycles. The third-order valence-corrected chi connectivity index (χ3v) is 2.43. The Morgan fingerprint density at radius 2 is 2.17 bits per heavy atom. The summed E-state index contributed by atoms with van der Waals surface area (Å²) < 4.78 is 0. The predicted molar refractivity (Wildman–Crippen MR) is 76.9 cm³/mol. The number of aldehydes is 1. The second-order valence-electron chi connectivity index (χ2n) is 3.38. The second-order valence-corrected chi connectivity index (χ2v) is 3.86. The van der Waals surface area contributed by atoms with Gasteiger partial charge in [-0.3, -0.25) is 9.79 Å². The molecule has 1 rings (SSSR count). The first-order valence-electron chi connectivity index (χ1n) is 5.54. The van der Waals surface area contributed by atoms with Gasteiger partial charge in [0.1, 0.15) is 6.29 Å². The standard InChI is InChI=1S/C7H7NS.C6H11NO2/c1-8-6-4-2-3-5-7(6)9;1-7-6(9)4-2-3-5-8/h2-5,9H,1H2;5H,2-4H2,1H3,(H,7,9). The van der Waals surface area contributed by atoms with Crippen molar-refractivity contribution in [3.05, 3.63) is 24.3 Å². The average molecular weight is 266 g/mol. The Morgan fingerprint density at radius 1 is 1.50 bits per heavy atom. The maximum absolute atomic E-state index is 10.5. The van der Waals surface area contributed by atoms with Gasteiger partial charge >= 0.3 is 0 Å². The Hall–Kier alpha value is -1.62. The number of carbonyl (C=O) groups is 2. The highest BCUT2D eigenvalue weighted by atomic mass is 32.1. The van der Waals surface area contributed by atoms with Crippen molar-refractivity contribution in [3.63, 3.8) is 0 Å². The van der Waals surface area contributed by atoms with Crippen LogP contribution in [0, 0.1) is 0 Å². The van der Waals surface area contributed by atoms with Gasteiger partial charge < -0.3 is 10.1 Å². The van der Waals surface area contributed by atoms with E-state index in [9.17, 15) is 9.59 Å². The lowest BCUT2D eigenvalue weighted by atomic mass is 10.2. The zero-order valence-electron chi connectivity index (χ0n) is 10.4. The molecule has 0 saturated carbocycles. The van der Waals surface area contributed by atoms with Gasteiger partial charge in [0.2, 0.25) is 5.91 Å². The lowest BCUT2D eigenvalue weighted by Gasteiger charge is -1.93. The van der Waals surface area contributed by atoms with E-state index in [0.717, 1.165) is 16.9 Å². The zero-order valence-corrected chi connectivity index (χ0v) is 11.3. The molecule has 1 aromatic rings. The van der Waals surface area contributed by atoms with Crippen LogP contribution in [0.5, 0.6) is 0 Å². The van der Waals surface area contributed by atoms with Gasteiger partial charge in [-0.2, -0.15) is 0 Å². The highest BCUT2D eigenvalue weighted by molar-refractivity contribution is 7.80. The Bertz CT molecular complexity index is 394. The van der Waals surface area contributed by atoms with E-state index < -0.39 is 0 Å². The lowest BCUT2D eigenvalue weighted by molar-refractivity contribution is -0.120. The summed E-state index contributed by atoms with van der Waals surface area (Å²) in [7, 11) is 1.59. The molecule has 0 radical (unpaired) electrons. The van der Waals surface area contributed by atoms with Gasteiger partial charge in [0.15, 0.2) is 0 Å². The third kappa shape index (κ3) is 7.62. The molecule has 0 saturated heterocycles. The van der Waals surface area contributed by atoms with E-state index in [1.807, 2.05) is 24.3 Å². The minimum atomic E-state index is -0.00292. The number of amides is 1. The predicted octanol–water partition coefficient (Wildman–Crippen LogP) is 2.41. The number of rotatable bonds is 5. The van der Waals surface area contributed by atoms with E-state index in [1.54, 1.807) is 7.05 Å². The van der Waals surface area contributed by atoms with Gasteiger partial charge in [0, 0.05) is 24.8 Å². The summed E-state index contributed by atoms with van der Waals surface area (Å²) in [6.45, 7) is 3.39. The SMILES string of the molecule is C=Nc1ccccc1S.CNC(=O)CCCC=O. The molecule has 0 spiro atoms. The number of hydrogen-bond donors (Lipinski definition) is 2. The van der Waals surface area contributed by atoms with Gasteiger partial charge in [-0.1, -0.05) is 12.1 Å². The van der Waals surface area contributed by atoms with Crippen molar-refractivity contribution < 1.29 is 9.59 Å². The Morgan fingerprint density at radius 3 is 2.61 bits per heavy atom. The minimum Gasteiger partial charge on any atom is -0.359 e. The summed E-state index contributed by atoms with van der Waals surface area (Å²) in [4.78, 5) is 24.8. The van der Waals surface area contributed by atoms with Gasteiger partial charge in [0.05, 0.1) is 5.69 Å². The molecule has 4 nitrogen and oxygen atoms in total. The van der Waals surface area contributed by atoms with Gasteiger partial charge in [0.25, 0.3) is 0 Å². The van der Waals surface area contributed by atoms with Crippen molar-refractivity contribution in [1.82, 2.24) is 5.32 Å². The maximum Gasteiger partial charge on any atom is 0.219 e. The molecule has 0 fully saturated rings. The van der Waals surface area contributed by atoms with Crippen LogP contribution in [0.1, 0.15) is 19.3 Å². The number of para-hydroxylation sites is 1. The summed E-state index contributed by atoms with van der Waals surface area (Å²) in [5.74, 6) is -0.00292. The highest BCUT2D eigenvalue weighted by Gasteiger charge is 1.94. The average Bonchev–Trinajstić information content (AvgIpc) is 2.40. The molecular formula is C13H18N2O2S. The molecule has 5 heteroatoms. The van der Waals surface area contributed by atoms with E-state index in [1.165, 1.54) is 0 Å². The van der Waals surface area contributed by atoms with E-state index in [0.29, 0.717) is 19.3 Å². The topological polar surface area (TPSA) is 58.5 Å². The zero-order chi connectivity index (χ0) is 13.8. The Kier molecular flexibility index (Phi) is 9.58. The molecule has 0 aliphatic rings. The van der Waals surface area contributed by atoms with Crippen LogP contribution >= 0.6 is 12.6 Å². The van der Waals surface area contributed by atoms with Crippen molar-refractivity contribution in [2.45, 2.75) is 24.2 Å². The Balaban J connectivity index is 0.000000321. The van der Waals surface area contributed by atoms with Crippen LogP contribution in [0.25, 0.3) is 0 Å². The first kappa shape index (κ1) is 16.4. The van der Waals surface area contributed by atoms with Crippen LogP contribution in [-0.2, 0) is 9.59 Å². The number of nitrogens with zero attached hydrogens (tertiary/aromatic N) is 1. The van der Waals surface area contributed by atoms with Crippen molar-refractivity contribution in [1.29, 1.82) is 0 Å². The number of aliphatic imine (C=N–C) groups is 1. The summed E-state index contributed by atoms with van der Waals surface area (Å²) >= 11 is 4.14. The number of benzene rings is 1. The van der Waals surface area contributed by atoms with Gasteiger partial charge in [-0.05, 0) is 25.3 Å². The van der Waals surface area contributed by atoms with Crippen molar-refractivity contribution >= 4 is 37.2 Å². The van der Waals surface area contributed by atoms with E-state index in [-0.39, 0.29) is 5.91 Å². The van der Waals surface area contributed by atoms with E-state index >= 15 is 0 Å². The molecule has 0 aromatic heterocycles. The minimum absolute atomic E-state index is 0.00292. The smallest absolute Gasteiger partial charge is 0.219 e. The fourth-order valence-corrected chi connectivity index (χ4v) is 1.30. The van der Waals surface area contributed by atoms with Crippen LogP contribution in [-0.4, -0.2) is 26.0 Å². The van der Waals surface area contributed by atoms with Crippen molar-refractivity contribution in [2.24, 2.45) is 4.99 Å². The molecule has 0 atom stereocenters. The summed E-state index contributed by atoms with van der Waals surface area (Å²) in [6, 6.07) is 7.57. The molecule has 0 bridgehead atoms. The molecule has 0 unspecified atom stereocenters. The molecule has 1 aromatic carbocycles. The fourth-order valence-electron chi connectivity index (χ4n) is 1.07. The fraction of sp³-hybridized carbons (Fsp3) is 0.308. The number of nitrogens with one attached hydrogen (secondary N) is 1. The number of thiol groups is 1. The van der Waals surface area contributed by atoms with Crippen LogP contribution in [0.2, 0.25) is 0 Å². The lowest BCUT2D eigenvalue weighted by Crippen LogP contribution is -2.16. The Labute approximate surface area is 113 Å². The van der Waals surface area contributed by atoms with E-state index in [4.69, 9.17) is 0 Å². The van der Waals surface area contributed by atoms with E-state index in [2.05, 4.69) is 29.7 Å². The third-order valence-electron chi connectivity index (χ3n) is 2.06. The summed E-state index contributed by atoms with van der Waals surface area (Å²) in [6.07, 6.45) is 2.41. The van der Waals surface area contributed by atoms with Gasteiger partial charge in [-0.25, -0.2) is 0 Å².